The predicted octanol–water partition coefficient (Wildman–Crippen LogP) is 3.30. The second-order valence-electron chi connectivity index (χ2n) is 6.50. The molecule has 1 atom stereocenters. The number of nitrogens with zero attached hydrogens (tertiary/aromatic N) is 4. The summed E-state index contributed by atoms with van der Waals surface area (Å²) in [4.78, 5) is 17.3. The van der Waals surface area contributed by atoms with Crippen molar-refractivity contribution in [3.05, 3.63) is 64.4 Å². The van der Waals surface area contributed by atoms with Gasteiger partial charge in [0.2, 0.25) is 0 Å². The van der Waals surface area contributed by atoms with Gasteiger partial charge in [-0.1, -0.05) is 24.0 Å². The fourth-order valence-corrected chi connectivity index (χ4v) is 3.44. The van der Waals surface area contributed by atoms with Crippen molar-refractivity contribution in [2.45, 2.75) is 19.4 Å². The summed E-state index contributed by atoms with van der Waals surface area (Å²) in [6, 6.07) is 11.4. The van der Waals surface area contributed by atoms with Crippen LogP contribution in [0.15, 0.2) is 47.3 Å². The molecule has 0 spiro atoms. The maximum Gasteiger partial charge on any atom is 0.166 e. The summed E-state index contributed by atoms with van der Waals surface area (Å²) in [5, 5.41) is 12.3. The van der Waals surface area contributed by atoms with Crippen LogP contribution >= 0.6 is 11.3 Å². The molecule has 0 amide bonds. The molecule has 3 heterocycles. The van der Waals surface area contributed by atoms with E-state index >= 15 is 0 Å². The Morgan fingerprint density at radius 1 is 1.14 bits per heavy atom. The van der Waals surface area contributed by atoms with Gasteiger partial charge in [-0.25, -0.2) is 19.9 Å². The quantitative estimate of drug-likeness (QED) is 0.512. The zero-order valence-corrected chi connectivity index (χ0v) is 16.2. The van der Waals surface area contributed by atoms with Gasteiger partial charge in [-0.15, -0.1) is 11.3 Å². The van der Waals surface area contributed by atoms with Gasteiger partial charge in [0.15, 0.2) is 11.4 Å². The fraction of sp³-hybridized carbons (Fsp3) is 0.143. The van der Waals surface area contributed by atoms with Crippen molar-refractivity contribution in [1.29, 1.82) is 0 Å². The first-order valence-corrected chi connectivity index (χ1v) is 9.52. The third kappa shape index (κ3) is 3.56. The molecule has 1 aromatic carbocycles. The Morgan fingerprint density at radius 3 is 2.79 bits per heavy atom. The highest BCUT2D eigenvalue weighted by Crippen LogP contribution is 2.24. The number of nitrogen functional groups attached to an aromatic ring is 1. The molecule has 4 rings (SSSR count). The number of benzene rings is 1. The number of hydrogen-bond acceptors (Lipinski definition) is 7. The molecule has 1 unspecified atom stereocenters. The third-order valence-electron chi connectivity index (χ3n) is 4.22. The maximum absolute atomic E-state index is 10.5. The minimum atomic E-state index is -1.30. The van der Waals surface area contributed by atoms with Gasteiger partial charge in [0.05, 0.1) is 22.4 Å². The van der Waals surface area contributed by atoms with Crippen molar-refractivity contribution < 1.29 is 5.11 Å². The van der Waals surface area contributed by atoms with Crippen molar-refractivity contribution in [1.82, 2.24) is 19.9 Å². The summed E-state index contributed by atoms with van der Waals surface area (Å²) in [5.41, 5.74) is 10.6. The fourth-order valence-electron chi connectivity index (χ4n) is 2.79. The molecule has 0 aliphatic rings. The molecule has 28 heavy (non-hydrogen) atoms. The Bertz CT molecular complexity index is 1220. The molecule has 7 heteroatoms. The van der Waals surface area contributed by atoms with Crippen LogP contribution < -0.4 is 5.73 Å². The minimum absolute atomic E-state index is 0.361. The molecule has 0 saturated carbocycles. The summed E-state index contributed by atoms with van der Waals surface area (Å²) in [6.45, 7) is 3.43. The van der Waals surface area contributed by atoms with Crippen LogP contribution in [0.2, 0.25) is 0 Å². The standard InChI is InChI=1S/C21H17N5OS/c1-13-24-17-7-6-16(26-19(17)20(22)25-13)15-5-3-4-14(10-15)8-9-21(2,27)18-11-28-12-23-18/h3-7,10-12,27H,1-2H3,(H2,22,24,25). The van der Waals surface area contributed by atoms with E-state index in [1.54, 1.807) is 24.7 Å². The molecule has 0 fully saturated rings. The predicted molar refractivity (Wildman–Crippen MR) is 110 cm³/mol. The van der Waals surface area contributed by atoms with E-state index in [1.807, 2.05) is 36.4 Å². The van der Waals surface area contributed by atoms with Crippen LogP contribution in [-0.4, -0.2) is 25.0 Å². The average molecular weight is 387 g/mol. The molecule has 0 bridgehead atoms. The molecule has 6 nitrogen and oxygen atoms in total. The van der Waals surface area contributed by atoms with Crippen LogP contribution in [0.25, 0.3) is 22.3 Å². The van der Waals surface area contributed by atoms with E-state index in [4.69, 9.17) is 5.73 Å². The number of hydrogen-bond donors (Lipinski definition) is 2. The Morgan fingerprint density at radius 2 is 2.00 bits per heavy atom. The first-order valence-electron chi connectivity index (χ1n) is 8.58. The van der Waals surface area contributed by atoms with Gasteiger partial charge in [-0.2, -0.15) is 0 Å². The lowest BCUT2D eigenvalue weighted by atomic mass is 10.0. The maximum atomic E-state index is 10.5. The van der Waals surface area contributed by atoms with E-state index in [-0.39, 0.29) is 0 Å². The summed E-state index contributed by atoms with van der Waals surface area (Å²) < 4.78 is 0. The normalized spacial score (nSPS) is 13.0. The van der Waals surface area contributed by atoms with Crippen molar-refractivity contribution in [2.75, 3.05) is 5.73 Å². The second kappa shape index (κ2) is 7.00. The number of aromatic nitrogens is 4. The Balaban J connectivity index is 1.70. The molecular formula is C21H17N5OS. The zero-order chi connectivity index (χ0) is 19.7. The van der Waals surface area contributed by atoms with Crippen LogP contribution in [0.4, 0.5) is 5.82 Å². The highest BCUT2D eigenvalue weighted by Gasteiger charge is 2.22. The Labute approximate surface area is 166 Å². The third-order valence-corrected chi connectivity index (χ3v) is 4.81. The van der Waals surface area contributed by atoms with E-state index in [0.717, 1.165) is 16.8 Å². The first kappa shape index (κ1) is 18.0. The Hall–Kier alpha value is -3.34. The molecule has 0 aliphatic carbocycles. The van der Waals surface area contributed by atoms with Gasteiger partial charge in [-0.3, -0.25) is 0 Å². The highest BCUT2D eigenvalue weighted by atomic mass is 32.1. The number of rotatable bonds is 2. The number of fused-ring (bicyclic) bond motifs is 1. The lowest BCUT2D eigenvalue weighted by Gasteiger charge is -2.12. The van der Waals surface area contributed by atoms with Gasteiger partial charge in [0.25, 0.3) is 0 Å². The lowest BCUT2D eigenvalue weighted by Crippen LogP contribution is -2.18. The van der Waals surface area contributed by atoms with Crippen molar-refractivity contribution >= 4 is 28.2 Å². The molecule has 4 aromatic rings. The van der Waals surface area contributed by atoms with Crippen molar-refractivity contribution in [3.8, 4) is 23.1 Å². The number of aryl methyl sites for hydroxylation is 1. The van der Waals surface area contributed by atoms with Gasteiger partial charge in [0, 0.05) is 16.5 Å². The highest BCUT2D eigenvalue weighted by molar-refractivity contribution is 7.07. The topological polar surface area (TPSA) is 97.8 Å². The summed E-state index contributed by atoms with van der Waals surface area (Å²) in [7, 11) is 0. The van der Waals surface area contributed by atoms with E-state index in [9.17, 15) is 5.11 Å². The van der Waals surface area contributed by atoms with E-state index in [2.05, 4.69) is 31.8 Å². The number of anilines is 1. The molecule has 3 aromatic heterocycles. The lowest BCUT2D eigenvalue weighted by molar-refractivity contribution is 0.118. The number of aliphatic hydroxyl groups is 1. The number of thiazole rings is 1. The van der Waals surface area contributed by atoms with Gasteiger partial charge < -0.3 is 10.8 Å². The molecule has 0 aliphatic heterocycles. The molecule has 3 N–H and O–H groups in total. The summed E-state index contributed by atoms with van der Waals surface area (Å²) in [6.07, 6.45) is 0. The SMILES string of the molecule is Cc1nc(N)c2nc(-c3cccc(C#CC(C)(O)c4cscn4)c3)ccc2n1. The van der Waals surface area contributed by atoms with E-state index in [0.29, 0.717) is 28.4 Å². The Kier molecular flexibility index (Phi) is 4.51. The van der Waals surface area contributed by atoms with E-state index < -0.39 is 5.60 Å². The summed E-state index contributed by atoms with van der Waals surface area (Å²) >= 11 is 1.42. The second-order valence-corrected chi connectivity index (χ2v) is 7.22. The molecule has 0 radical (unpaired) electrons. The summed E-state index contributed by atoms with van der Waals surface area (Å²) in [5.74, 6) is 6.89. The smallest absolute Gasteiger partial charge is 0.166 e. The van der Waals surface area contributed by atoms with Crippen LogP contribution in [0.5, 0.6) is 0 Å². The average Bonchev–Trinajstić information content (AvgIpc) is 3.22. The van der Waals surface area contributed by atoms with Gasteiger partial charge >= 0.3 is 0 Å². The van der Waals surface area contributed by atoms with Crippen molar-refractivity contribution in [2.24, 2.45) is 0 Å². The van der Waals surface area contributed by atoms with Crippen LogP contribution in [0, 0.1) is 18.8 Å². The van der Waals surface area contributed by atoms with Gasteiger partial charge in [0.1, 0.15) is 11.3 Å². The number of nitrogens with two attached hydrogens (primary N) is 1. The molecular weight excluding hydrogens is 370 g/mol. The van der Waals surface area contributed by atoms with E-state index in [1.165, 1.54) is 11.3 Å². The monoisotopic (exact) mass is 387 g/mol. The minimum Gasteiger partial charge on any atom is -0.382 e. The zero-order valence-electron chi connectivity index (χ0n) is 15.3. The molecule has 138 valence electrons. The van der Waals surface area contributed by atoms with Crippen LogP contribution in [0.1, 0.15) is 24.0 Å². The van der Waals surface area contributed by atoms with Crippen LogP contribution in [-0.2, 0) is 5.60 Å². The largest absolute Gasteiger partial charge is 0.382 e. The number of pyridine rings is 1. The van der Waals surface area contributed by atoms with Gasteiger partial charge in [-0.05, 0) is 38.1 Å². The van der Waals surface area contributed by atoms with Crippen LogP contribution in [0.3, 0.4) is 0 Å². The van der Waals surface area contributed by atoms with Crippen molar-refractivity contribution in [3.63, 3.8) is 0 Å². The molecule has 0 saturated heterocycles. The first-order chi connectivity index (χ1) is 13.4.